The van der Waals surface area contributed by atoms with Gasteiger partial charge < -0.3 is 10.3 Å². The molecule has 21 heavy (non-hydrogen) atoms. The molecule has 0 amide bonds. The van der Waals surface area contributed by atoms with Crippen LogP contribution in [0.3, 0.4) is 0 Å². The van der Waals surface area contributed by atoms with E-state index in [1.54, 1.807) is 0 Å². The van der Waals surface area contributed by atoms with E-state index in [4.69, 9.17) is 5.73 Å². The van der Waals surface area contributed by atoms with E-state index in [9.17, 15) is 26.3 Å². The number of hydrogen-bond acceptors (Lipinski definition) is 4. The van der Waals surface area contributed by atoms with Crippen LogP contribution >= 0.6 is 0 Å². The Bertz CT molecular complexity index is 646. The molecule has 0 unspecified atom stereocenters. The van der Waals surface area contributed by atoms with Crippen molar-refractivity contribution in [2.75, 3.05) is 5.73 Å². The monoisotopic (exact) mass is 311 g/mol. The normalized spacial score (nSPS) is 12.7. The zero-order chi connectivity index (χ0) is 15.8. The number of hydrogen-bond donors (Lipinski definition) is 1. The first kappa shape index (κ1) is 15.1. The van der Waals surface area contributed by atoms with E-state index in [1.165, 1.54) is 0 Å². The molecule has 0 aliphatic heterocycles. The second-order valence-electron chi connectivity index (χ2n) is 4.15. The fourth-order valence-corrected chi connectivity index (χ4v) is 1.56. The van der Waals surface area contributed by atoms with E-state index < -0.39 is 36.1 Å². The molecule has 2 aromatic rings. The van der Waals surface area contributed by atoms with Crippen LogP contribution in [0.5, 0.6) is 0 Å². The molecule has 1 aromatic heterocycles. The second-order valence-corrected chi connectivity index (χ2v) is 4.15. The number of anilines is 1. The van der Waals surface area contributed by atoms with Crippen LogP contribution < -0.4 is 5.73 Å². The van der Waals surface area contributed by atoms with Crippen molar-refractivity contribution < 1.29 is 30.9 Å². The molecule has 0 saturated heterocycles. The molecule has 0 bridgehead atoms. The van der Waals surface area contributed by atoms with E-state index in [2.05, 4.69) is 14.7 Å². The summed E-state index contributed by atoms with van der Waals surface area (Å²) in [5, 5.41) is 3.07. The highest BCUT2D eigenvalue weighted by atomic mass is 19.4. The fourth-order valence-electron chi connectivity index (χ4n) is 1.56. The fraction of sp³-hybridized carbons (Fsp3) is 0.273. The number of nitrogens with two attached hydrogens (primary N) is 1. The van der Waals surface area contributed by atoms with Gasteiger partial charge in [0, 0.05) is 11.3 Å². The maximum atomic E-state index is 12.6. The minimum atomic E-state index is -4.65. The van der Waals surface area contributed by atoms with Crippen molar-refractivity contribution in [1.82, 2.24) is 10.1 Å². The highest BCUT2D eigenvalue weighted by Gasteiger charge is 2.33. The number of benzene rings is 1. The highest BCUT2D eigenvalue weighted by molar-refractivity contribution is 5.62. The Morgan fingerprint density at radius 2 is 1.71 bits per heavy atom. The van der Waals surface area contributed by atoms with Gasteiger partial charge in [-0.15, -0.1) is 0 Å². The van der Waals surface area contributed by atoms with Gasteiger partial charge in [0.2, 0.25) is 0 Å². The SMILES string of the molecule is Nc1cc(-c2nc(CC(F)(F)F)no2)cc(C(F)(F)F)c1. The van der Waals surface area contributed by atoms with Gasteiger partial charge in [-0.05, 0) is 18.2 Å². The molecule has 0 spiro atoms. The van der Waals surface area contributed by atoms with Gasteiger partial charge in [0.1, 0.15) is 6.42 Å². The van der Waals surface area contributed by atoms with Crippen LogP contribution in [0.1, 0.15) is 11.4 Å². The molecule has 114 valence electrons. The third-order valence-electron chi connectivity index (χ3n) is 2.36. The zero-order valence-corrected chi connectivity index (χ0v) is 10.1. The maximum Gasteiger partial charge on any atom is 0.416 e. The number of rotatable bonds is 2. The Morgan fingerprint density at radius 1 is 1.05 bits per heavy atom. The van der Waals surface area contributed by atoms with E-state index in [1.807, 2.05) is 0 Å². The molecule has 0 aliphatic rings. The van der Waals surface area contributed by atoms with Crippen LogP contribution in [0.25, 0.3) is 11.5 Å². The molecule has 4 nitrogen and oxygen atoms in total. The zero-order valence-electron chi connectivity index (χ0n) is 10.1. The highest BCUT2D eigenvalue weighted by Crippen LogP contribution is 2.34. The van der Waals surface area contributed by atoms with Crippen molar-refractivity contribution in [3.8, 4) is 11.5 Å². The molecule has 2 rings (SSSR count). The molecule has 0 saturated carbocycles. The van der Waals surface area contributed by atoms with Crippen LogP contribution in [-0.2, 0) is 12.6 Å². The summed E-state index contributed by atoms with van der Waals surface area (Å²) >= 11 is 0. The average Bonchev–Trinajstić information content (AvgIpc) is 2.73. The van der Waals surface area contributed by atoms with Crippen LogP contribution in [0.4, 0.5) is 32.0 Å². The van der Waals surface area contributed by atoms with Crippen molar-refractivity contribution in [2.24, 2.45) is 0 Å². The van der Waals surface area contributed by atoms with E-state index in [0.717, 1.165) is 6.07 Å². The summed E-state index contributed by atoms with van der Waals surface area (Å²) < 4.78 is 78.8. The van der Waals surface area contributed by atoms with E-state index >= 15 is 0 Å². The number of alkyl halides is 6. The summed E-state index contributed by atoms with van der Waals surface area (Å²) in [6, 6.07) is 2.46. The number of halogens is 6. The van der Waals surface area contributed by atoms with Crippen LogP contribution in [-0.4, -0.2) is 16.3 Å². The Morgan fingerprint density at radius 3 is 2.29 bits per heavy atom. The molecule has 1 heterocycles. The first-order valence-electron chi connectivity index (χ1n) is 5.42. The lowest BCUT2D eigenvalue weighted by atomic mass is 10.1. The molecule has 0 atom stereocenters. The van der Waals surface area contributed by atoms with Gasteiger partial charge in [0.15, 0.2) is 5.82 Å². The summed E-state index contributed by atoms with van der Waals surface area (Å²) in [6.07, 6.45) is -10.6. The Labute approximate surface area is 113 Å². The van der Waals surface area contributed by atoms with E-state index in [-0.39, 0.29) is 11.3 Å². The molecular formula is C11H7F6N3O. The molecule has 0 fully saturated rings. The third-order valence-corrected chi connectivity index (χ3v) is 2.36. The minimum Gasteiger partial charge on any atom is -0.399 e. The number of nitrogens with zero attached hydrogens (tertiary/aromatic N) is 2. The van der Waals surface area contributed by atoms with E-state index in [0.29, 0.717) is 12.1 Å². The lowest BCUT2D eigenvalue weighted by molar-refractivity contribution is -0.137. The van der Waals surface area contributed by atoms with Crippen LogP contribution in [0.15, 0.2) is 22.7 Å². The standard InChI is InChI=1S/C11H7F6N3O/c12-10(13,14)4-8-19-9(21-20-8)5-1-6(11(15,16)17)3-7(18)2-5/h1-3H,4,18H2. The predicted octanol–water partition coefficient (Wildman–Crippen LogP) is 3.44. The second kappa shape index (κ2) is 4.93. The Kier molecular flexibility index (Phi) is 3.56. The lowest BCUT2D eigenvalue weighted by Gasteiger charge is -2.08. The largest absolute Gasteiger partial charge is 0.416 e. The molecule has 1 aromatic carbocycles. The smallest absolute Gasteiger partial charge is 0.399 e. The van der Waals surface area contributed by atoms with Crippen molar-refractivity contribution >= 4 is 5.69 Å². The first-order valence-corrected chi connectivity index (χ1v) is 5.42. The Hall–Kier alpha value is -2.26. The molecule has 2 N–H and O–H groups in total. The summed E-state index contributed by atoms with van der Waals surface area (Å²) in [5.41, 5.74) is 3.84. The number of nitrogen functional groups attached to an aromatic ring is 1. The average molecular weight is 311 g/mol. The van der Waals surface area contributed by atoms with Crippen molar-refractivity contribution in [1.29, 1.82) is 0 Å². The van der Waals surface area contributed by atoms with Gasteiger partial charge in [0.05, 0.1) is 5.56 Å². The lowest BCUT2D eigenvalue weighted by Crippen LogP contribution is -2.12. The topological polar surface area (TPSA) is 64.9 Å². The Balaban J connectivity index is 2.37. The summed E-state index contributed by atoms with van der Waals surface area (Å²) in [7, 11) is 0. The van der Waals surface area contributed by atoms with Gasteiger partial charge in [-0.2, -0.15) is 31.3 Å². The van der Waals surface area contributed by atoms with Gasteiger partial charge in [-0.25, -0.2) is 0 Å². The van der Waals surface area contributed by atoms with Gasteiger partial charge in [0.25, 0.3) is 5.89 Å². The molecule has 0 aliphatic carbocycles. The number of aromatic nitrogens is 2. The maximum absolute atomic E-state index is 12.6. The molecule has 0 radical (unpaired) electrons. The molecule has 10 heteroatoms. The predicted molar refractivity (Wildman–Crippen MR) is 58.9 cm³/mol. The minimum absolute atomic E-state index is 0.205. The first-order chi connectivity index (χ1) is 9.54. The summed E-state index contributed by atoms with van der Waals surface area (Å²) in [4.78, 5) is 3.41. The third kappa shape index (κ3) is 3.86. The summed E-state index contributed by atoms with van der Waals surface area (Å²) in [5.74, 6) is -1.14. The van der Waals surface area contributed by atoms with Crippen LogP contribution in [0, 0.1) is 0 Å². The van der Waals surface area contributed by atoms with Gasteiger partial charge >= 0.3 is 12.4 Å². The quantitative estimate of drug-likeness (QED) is 0.681. The van der Waals surface area contributed by atoms with Gasteiger partial charge in [-0.1, -0.05) is 5.16 Å². The van der Waals surface area contributed by atoms with Crippen molar-refractivity contribution in [3.63, 3.8) is 0 Å². The molecular weight excluding hydrogens is 304 g/mol. The van der Waals surface area contributed by atoms with Crippen molar-refractivity contribution in [3.05, 3.63) is 29.6 Å². The van der Waals surface area contributed by atoms with Gasteiger partial charge in [-0.3, -0.25) is 0 Å². The van der Waals surface area contributed by atoms with Crippen molar-refractivity contribution in [2.45, 2.75) is 18.8 Å². The van der Waals surface area contributed by atoms with Crippen LogP contribution in [0.2, 0.25) is 0 Å². The summed E-state index contributed by atoms with van der Waals surface area (Å²) in [6.45, 7) is 0.